The van der Waals surface area contributed by atoms with Crippen LogP contribution in [-0.4, -0.2) is 0 Å². The number of nitriles is 2. The number of ether oxygens (including phenoxy) is 1. The Morgan fingerprint density at radius 1 is 0.485 bits per heavy atom. The minimum atomic E-state index is 0.690. The molecule has 2 aromatic rings. The molecular weight excluding hydrogens is 404 g/mol. The Morgan fingerprint density at radius 2 is 0.848 bits per heavy atom. The Bertz CT molecular complexity index is 791. The molecule has 0 saturated heterocycles. The highest BCUT2D eigenvalue weighted by Crippen LogP contribution is 2.30. The zero-order valence-corrected chi connectivity index (χ0v) is 20.2. The summed E-state index contributed by atoms with van der Waals surface area (Å²) in [4.78, 5) is 0. The van der Waals surface area contributed by atoms with Crippen LogP contribution in [0.4, 0.5) is 0 Å². The van der Waals surface area contributed by atoms with Gasteiger partial charge in [0.2, 0.25) is 0 Å². The minimum Gasteiger partial charge on any atom is -0.457 e. The summed E-state index contributed by atoms with van der Waals surface area (Å²) >= 11 is 0. The standard InChI is InChI=1S/C30H40N2O/c31-25-17-9-5-1-3-7-11-19-27-21-13-15-23-29(27)33-30-24-16-14-22-28(30)20-12-8-4-2-6-10-18-26-32/h13-16,21-24H,1-12,17-20H2. The largest absolute Gasteiger partial charge is 0.457 e. The fraction of sp³-hybridized carbons (Fsp3) is 0.533. The number of unbranched alkanes of at least 4 members (excludes halogenated alkanes) is 12. The summed E-state index contributed by atoms with van der Waals surface area (Å²) in [7, 11) is 0. The van der Waals surface area contributed by atoms with E-state index in [1.807, 2.05) is 0 Å². The Hall–Kier alpha value is -2.78. The van der Waals surface area contributed by atoms with Crippen molar-refractivity contribution in [2.24, 2.45) is 0 Å². The van der Waals surface area contributed by atoms with Gasteiger partial charge in [0.15, 0.2) is 0 Å². The highest BCUT2D eigenvalue weighted by atomic mass is 16.5. The summed E-state index contributed by atoms with van der Waals surface area (Å²) in [6.45, 7) is 0. The molecule has 0 amide bonds. The molecule has 0 aliphatic carbocycles. The number of rotatable bonds is 18. The summed E-state index contributed by atoms with van der Waals surface area (Å²) in [6.07, 6.45) is 17.6. The molecule has 0 N–H and O–H groups in total. The van der Waals surface area contributed by atoms with Crippen LogP contribution in [0, 0.1) is 22.7 Å². The summed E-state index contributed by atoms with van der Waals surface area (Å²) in [5, 5.41) is 17.2. The molecule has 0 aromatic heterocycles. The quantitative estimate of drug-likeness (QED) is 0.215. The second kappa shape index (κ2) is 17.7. The fourth-order valence-electron chi connectivity index (χ4n) is 4.19. The normalized spacial score (nSPS) is 10.5. The van der Waals surface area contributed by atoms with Crippen molar-refractivity contribution in [1.29, 1.82) is 10.5 Å². The number of aryl methyl sites for hydroxylation is 2. The van der Waals surface area contributed by atoms with E-state index in [0.717, 1.165) is 37.2 Å². The van der Waals surface area contributed by atoms with Crippen LogP contribution in [0.5, 0.6) is 11.5 Å². The van der Waals surface area contributed by atoms with Crippen molar-refractivity contribution < 1.29 is 4.74 Å². The fourth-order valence-corrected chi connectivity index (χ4v) is 4.19. The summed E-state index contributed by atoms with van der Waals surface area (Å²) in [6, 6.07) is 21.3. The SMILES string of the molecule is N#CCCCCCCCCc1ccccc1Oc1ccccc1CCCCCCCCC#N. The van der Waals surface area contributed by atoms with Crippen LogP contribution in [0.2, 0.25) is 0 Å². The Morgan fingerprint density at radius 3 is 1.27 bits per heavy atom. The highest BCUT2D eigenvalue weighted by molar-refractivity contribution is 5.41. The number of para-hydroxylation sites is 2. The van der Waals surface area contributed by atoms with Crippen molar-refractivity contribution in [2.75, 3.05) is 0 Å². The van der Waals surface area contributed by atoms with Gasteiger partial charge in [0.05, 0.1) is 12.1 Å². The number of hydrogen-bond acceptors (Lipinski definition) is 3. The van der Waals surface area contributed by atoms with Gasteiger partial charge in [-0.25, -0.2) is 0 Å². The number of hydrogen-bond donors (Lipinski definition) is 0. The zero-order chi connectivity index (χ0) is 23.4. The lowest BCUT2D eigenvalue weighted by Gasteiger charge is -2.14. The maximum absolute atomic E-state index is 8.61. The van der Waals surface area contributed by atoms with Crippen molar-refractivity contribution >= 4 is 0 Å². The van der Waals surface area contributed by atoms with Crippen molar-refractivity contribution in [2.45, 2.75) is 103 Å². The van der Waals surface area contributed by atoms with E-state index in [4.69, 9.17) is 15.3 Å². The van der Waals surface area contributed by atoms with Crippen LogP contribution in [0.15, 0.2) is 48.5 Å². The Labute approximate surface area is 201 Å². The van der Waals surface area contributed by atoms with E-state index in [2.05, 4.69) is 60.7 Å². The topological polar surface area (TPSA) is 56.8 Å². The van der Waals surface area contributed by atoms with Gasteiger partial charge in [-0.05, 0) is 61.8 Å². The van der Waals surface area contributed by atoms with Gasteiger partial charge in [-0.3, -0.25) is 0 Å². The zero-order valence-electron chi connectivity index (χ0n) is 20.2. The van der Waals surface area contributed by atoms with E-state index >= 15 is 0 Å². The van der Waals surface area contributed by atoms with Crippen LogP contribution in [0.25, 0.3) is 0 Å². The summed E-state index contributed by atoms with van der Waals surface area (Å²) < 4.78 is 6.42. The molecule has 0 radical (unpaired) electrons. The Kier molecular flexibility index (Phi) is 14.2. The van der Waals surface area contributed by atoms with Crippen LogP contribution in [0.3, 0.4) is 0 Å². The van der Waals surface area contributed by atoms with E-state index in [1.165, 1.54) is 75.3 Å². The van der Waals surface area contributed by atoms with E-state index in [0.29, 0.717) is 12.8 Å². The predicted molar refractivity (Wildman–Crippen MR) is 136 cm³/mol. The second-order valence-corrected chi connectivity index (χ2v) is 8.88. The molecule has 3 nitrogen and oxygen atoms in total. The molecule has 2 aromatic carbocycles. The van der Waals surface area contributed by atoms with E-state index in [1.54, 1.807) is 0 Å². The van der Waals surface area contributed by atoms with Crippen molar-refractivity contribution in [3.05, 3.63) is 59.7 Å². The summed E-state index contributed by atoms with van der Waals surface area (Å²) in [5.41, 5.74) is 2.57. The molecule has 0 aliphatic rings. The van der Waals surface area contributed by atoms with Crippen molar-refractivity contribution in [3.8, 4) is 23.6 Å². The van der Waals surface area contributed by atoms with E-state index < -0.39 is 0 Å². The van der Waals surface area contributed by atoms with Gasteiger partial charge in [0, 0.05) is 12.8 Å². The molecule has 0 aliphatic heterocycles. The third-order valence-corrected chi connectivity index (χ3v) is 6.13. The number of benzene rings is 2. The van der Waals surface area contributed by atoms with Gasteiger partial charge in [-0.1, -0.05) is 87.8 Å². The van der Waals surface area contributed by atoms with Crippen molar-refractivity contribution in [3.63, 3.8) is 0 Å². The van der Waals surface area contributed by atoms with Crippen LogP contribution in [-0.2, 0) is 12.8 Å². The molecule has 0 fully saturated rings. The molecule has 0 heterocycles. The third kappa shape index (κ3) is 11.6. The molecule has 0 saturated carbocycles. The van der Waals surface area contributed by atoms with Crippen LogP contribution < -0.4 is 4.74 Å². The average molecular weight is 445 g/mol. The first-order valence-corrected chi connectivity index (χ1v) is 12.9. The van der Waals surface area contributed by atoms with Gasteiger partial charge in [-0.2, -0.15) is 10.5 Å². The van der Waals surface area contributed by atoms with Gasteiger partial charge in [-0.15, -0.1) is 0 Å². The predicted octanol–water partition coefficient (Wildman–Crippen LogP) is 9.07. The summed E-state index contributed by atoms with van der Waals surface area (Å²) in [5.74, 6) is 1.97. The highest BCUT2D eigenvalue weighted by Gasteiger charge is 2.08. The lowest BCUT2D eigenvalue weighted by Crippen LogP contribution is -1.96. The maximum atomic E-state index is 8.61. The minimum absolute atomic E-state index is 0.690. The number of nitrogens with zero attached hydrogens (tertiary/aromatic N) is 2. The first-order chi connectivity index (χ1) is 16.3. The van der Waals surface area contributed by atoms with Gasteiger partial charge >= 0.3 is 0 Å². The van der Waals surface area contributed by atoms with Crippen LogP contribution >= 0.6 is 0 Å². The van der Waals surface area contributed by atoms with Gasteiger partial charge < -0.3 is 4.74 Å². The lowest BCUT2D eigenvalue weighted by molar-refractivity contribution is 0.466. The average Bonchev–Trinajstić information content (AvgIpc) is 2.84. The molecule has 176 valence electrons. The molecule has 0 spiro atoms. The monoisotopic (exact) mass is 444 g/mol. The second-order valence-electron chi connectivity index (χ2n) is 8.88. The van der Waals surface area contributed by atoms with Crippen molar-refractivity contribution in [1.82, 2.24) is 0 Å². The molecule has 0 unspecified atom stereocenters. The molecule has 2 rings (SSSR count). The first kappa shape index (κ1) is 26.5. The first-order valence-electron chi connectivity index (χ1n) is 12.9. The molecule has 33 heavy (non-hydrogen) atoms. The molecule has 0 bridgehead atoms. The maximum Gasteiger partial charge on any atom is 0.130 e. The van der Waals surface area contributed by atoms with E-state index in [9.17, 15) is 0 Å². The molecular formula is C30H40N2O. The third-order valence-electron chi connectivity index (χ3n) is 6.13. The van der Waals surface area contributed by atoms with E-state index in [-0.39, 0.29) is 0 Å². The molecule has 3 heteroatoms. The Balaban J connectivity index is 1.77. The lowest BCUT2D eigenvalue weighted by atomic mass is 10.0. The van der Waals surface area contributed by atoms with Gasteiger partial charge in [0.25, 0.3) is 0 Å². The van der Waals surface area contributed by atoms with Crippen LogP contribution in [0.1, 0.15) is 101 Å². The molecule has 0 atom stereocenters. The smallest absolute Gasteiger partial charge is 0.130 e. The van der Waals surface area contributed by atoms with Gasteiger partial charge in [0.1, 0.15) is 11.5 Å².